The summed E-state index contributed by atoms with van der Waals surface area (Å²) in [5.41, 5.74) is 1.56. The summed E-state index contributed by atoms with van der Waals surface area (Å²) in [6, 6.07) is 7.37. The van der Waals surface area contributed by atoms with Crippen LogP contribution >= 0.6 is 12.2 Å². The number of nitrogens with one attached hydrogen (secondary N) is 2. The smallest absolute Gasteiger partial charge is 0.253 e. The highest BCUT2D eigenvalue weighted by Gasteiger charge is 2.14. The van der Waals surface area contributed by atoms with Gasteiger partial charge in [-0.05, 0) is 81.3 Å². The number of hydrogen-bond acceptors (Lipinski definition) is 3. The Bertz CT molecular complexity index is 565. The van der Waals surface area contributed by atoms with Crippen LogP contribution in [0.4, 0.5) is 5.69 Å². The molecule has 0 radical (unpaired) electrons. The fourth-order valence-corrected chi connectivity index (χ4v) is 3.14. The molecule has 5 nitrogen and oxygen atoms in total. The summed E-state index contributed by atoms with van der Waals surface area (Å²) in [6.07, 6.45) is 3.73. The molecule has 0 aliphatic carbocycles. The van der Waals surface area contributed by atoms with E-state index in [4.69, 9.17) is 12.2 Å². The molecule has 6 heteroatoms. The molecule has 0 spiro atoms. The van der Waals surface area contributed by atoms with Crippen LogP contribution in [0.1, 0.15) is 36.5 Å². The molecule has 1 aliphatic rings. The quantitative estimate of drug-likeness (QED) is 0.602. The normalized spacial score (nSPS) is 15.6. The summed E-state index contributed by atoms with van der Waals surface area (Å²) in [5, 5.41) is 7.04. The molecular formula is C19H30N4OS. The van der Waals surface area contributed by atoms with Crippen molar-refractivity contribution in [2.45, 2.75) is 26.2 Å². The first-order chi connectivity index (χ1) is 12.0. The Balaban J connectivity index is 1.65. The number of likely N-dealkylation sites (tertiary alicyclic amines) is 1. The topological polar surface area (TPSA) is 47.6 Å². The molecule has 1 aromatic rings. The molecule has 138 valence electrons. The van der Waals surface area contributed by atoms with Crippen molar-refractivity contribution in [3.05, 3.63) is 29.8 Å². The van der Waals surface area contributed by atoms with Crippen LogP contribution in [0.3, 0.4) is 0 Å². The van der Waals surface area contributed by atoms with Crippen molar-refractivity contribution in [1.82, 2.24) is 15.1 Å². The lowest BCUT2D eigenvalue weighted by molar-refractivity contribution is 0.0827. The van der Waals surface area contributed by atoms with Gasteiger partial charge in [0, 0.05) is 31.9 Å². The van der Waals surface area contributed by atoms with Crippen molar-refractivity contribution in [1.29, 1.82) is 0 Å². The molecule has 0 bridgehead atoms. The van der Waals surface area contributed by atoms with Crippen molar-refractivity contribution in [3.63, 3.8) is 0 Å². The molecule has 1 fully saturated rings. The second kappa shape index (κ2) is 9.73. The molecule has 25 heavy (non-hydrogen) atoms. The zero-order valence-electron chi connectivity index (χ0n) is 15.5. The number of hydrogen-bond donors (Lipinski definition) is 2. The van der Waals surface area contributed by atoms with E-state index in [2.05, 4.69) is 22.5 Å². The van der Waals surface area contributed by atoms with Gasteiger partial charge in [0.05, 0.1) is 0 Å². The highest BCUT2D eigenvalue weighted by Crippen LogP contribution is 2.15. The third-order valence-electron chi connectivity index (χ3n) is 4.61. The van der Waals surface area contributed by atoms with Gasteiger partial charge in [0.1, 0.15) is 0 Å². The number of benzene rings is 1. The van der Waals surface area contributed by atoms with Crippen molar-refractivity contribution in [2.24, 2.45) is 5.92 Å². The largest absolute Gasteiger partial charge is 0.362 e. The van der Waals surface area contributed by atoms with Crippen LogP contribution in [0.2, 0.25) is 0 Å². The second-order valence-corrected chi connectivity index (χ2v) is 7.44. The summed E-state index contributed by atoms with van der Waals surface area (Å²) >= 11 is 5.34. The minimum Gasteiger partial charge on any atom is -0.362 e. The average molecular weight is 363 g/mol. The zero-order valence-corrected chi connectivity index (χ0v) is 16.4. The maximum Gasteiger partial charge on any atom is 0.253 e. The minimum atomic E-state index is -0.000594. The van der Waals surface area contributed by atoms with Gasteiger partial charge in [-0.25, -0.2) is 0 Å². The molecule has 1 amide bonds. The van der Waals surface area contributed by atoms with E-state index in [9.17, 15) is 4.79 Å². The number of carbonyl (C=O) groups is 1. The zero-order chi connectivity index (χ0) is 18.2. The lowest BCUT2D eigenvalue weighted by Crippen LogP contribution is -2.36. The Kier molecular flexibility index (Phi) is 7.65. The van der Waals surface area contributed by atoms with Gasteiger partial charge in [-0.2, -0.15) is 0 Å². The molecule has 0 aromatic heterocycles. The molecular weight excluding hydrogens is 332 g/mol. The fraction of sp³-hybridized carbons (Fsp3) is 0.579. The first-order valence-electron chi connectivity index (χ1n) is 9.04. The van der Waals surface area contributed by atoms with Gasteiger partial charge in [-0.3, -0.25) is 4.79 Å². The summed E-state index contributed by atoms with van der Waals surface area (Å²) < 4.78 is 0. The van der Waals surface area contributed by atoms with Gasteiger partial charge in [0.25, 0.3) is 5.91 Å². The lowest BCUT2D eigenvalue weighted by atomic mass is 9.99. The van der Waals surface area contributed by atoms with Crippen molar-refractivity contribution < 1.29 is 4.79 Å². The first-order valence-corrected chi connectivity index (χ1v) is 9.45. The van der Waals surface area contributed by atoms with Crippen molar-refractivity contribution in [2.75, 3.05) is 45.6 Å². The van der Waals surface area contributed by atoms with Gasteiger partial charge in [-0.1, -0.05) is 6.92 Å². The molecule has 2 rings (SSSR count). The lowest BCUT2D eigenvalue weighted by Gasteiger charge is -2.30. The Morgan fingerprint density at radius 3 is 2.48 bits per heavy atom. The van der Waals surface area contributed by atoms with Gasteiger partial charge in [0.15, 0.2) is 5.11 Å². The highest BCUT2D eigenvalue weighted by atomic mass is 32.1. The van der Waals surface area contributed by atoms with Crippen LogP contribution in [-0.2, 0) is 0 Å². The highest BCUT2D eigenvalue weighted by molar-refractivity contribution is 7.80. The van der Waals surface area contributed by atoms with Crippen molar-refractivity contribution >= 4 is 28.9 Å². The van der Waals surface area contributed by atoms with E-state index in [1.54, 1.807) is 19.0 Å². The Morgan fingerprint density at radius 2 is 1.88 bits per heavy atom. The van der Waals surface area contributed by atoms with Crippen LogP contribution in [0.5, 0.6) is 0 Å². The molecule has 0 atom stereocenters. The number of rotatable bonds is 6. The number of thiocarbonyl (C=S) groups is 1. The van der Waals surface area contributed by atoms with E-state index in [0.29, 0.717) is 10.7 Å². The van der Waals surface area contributed by atoms with Crippen LogP contribution in [-0.4, -0.2) is 61.1 Å². The predicted octanol–water partition coefficient (Wildman–Crippen LogP) is 2.80. The first kappa shape index (κ1) is 19.7. The molecule has 2 N–H and O–H groups in total. The van der Waals surface area contributed by atoms with Crippen LogP contribution in [0, 0.1) is 5.92 Å². The van der Waals surface area contributed by atoms with E-state index in [1.807, 2.05) is 24.3 Å². The molecule has 0 saturated carbocycles. The Labute approximate surface area is 156 Å². The second-order valence-electron chi connectivity index (χ2n) is 7.04. The van der Waals surface area contributed by atoms with Gasteiger partial charge in [-0.15, -0.1) is 0 Å². The third kappa shape index (κ3) is 6.63. The van der Waals surface area contributed by atoms with E-state index in [1.165, 1.54) is 25.9 Å². The van der Waals surface area contributed by atoms with Crippen LogP contribution in [0.25, 0.3) is 0 Å². The number of carbonyl (C=O) groups excluding carboxylic acids is 1. The van der Waals surface area contributed by atoms with E-state index in [-0.39, 0.29) is 5.91 Å². The molecule has 1 aliphatic heterocycles. The standard InChI is InChI=1S/C19H30N4OS/c1-15-9-13-23(14-10-15)12-4-11-20-19(25)21-17-7-5-16(6-8-17)18(24)22(2)3/h5-8,15H,4,9-14H2,1-3H3,(H2,20,21,25). The molecule has 1 heterocycles. The van der Waals surface area contributed by atoms with E-state index in [0.717, 1.165) is 31.1 Å². The van der Waals surface area contributed by atoms with E-state index >= 15 is 0 Å². The molecule has 0 unspecified atom stereocenters. The monoisotopic (exact) mass is 362 g/mol. The Morgan fingerprint density at radius 1 is 1.24 bits per heavy atom. The molecule has 1 saturated heterocycles. The third-order valence-corrected chi connectivity index (χ3v) is 4.86. The fourth-order valence-electron chi connectivity index (χ4n) is 2.92. The van der Waals surface area contributed by atoms with Gasteiger partial charge in [0.2, 0.25) is 0 Å². The maximum absolute atomic E-state index is 11.9. The average Bonchev–Trinajstić information content (AvgIpc) is 2.60. The SMILES string of the molecule is CC1CCN(CCCNC(=S)Nc2ccc(C(=O)N(C)C)cc2)CC1. The van der Waals surface area contributed by atoms with Gasteiger partial charge < -0.3 is 20.4 Å². The summed E-state index contributed by atoms with van der Waals surface area (Å²) in [4.78, 5) is 16.0. The number of anilines is 1. The number of piperidine rings is 1. The summed E-state index contributed by atoms with van der Waals surface area (Å²) in [6.45, 7) is 6.79. The van der Waals surface area contributed by atoms with Gasteiger partial charge >= 0.3 is 0 Å². The van der Waals surface area contributed by atoms with Crippen LogP contribution < -0.4 is 10.6 Å². The number of nitrogens with zero attached hydrogens (tertiary/aromatic N) is 2. The van der Waals surface area contributed by atoms with Crippen LogP contribution in [0.15, 0.2) is 24.3 Å². The summed E-state index contributed by atoms with van der Waals surface area (Å²) in [5.74, 6) is 0.880. The summed E-state index contributed by atoms with van der Waals surface area (Å²) in [7, 11) is 3.50. The predicted molar refractivity (Wildman–Crippen MR) is 108 cm³/mol. The minimum absolute atomic E-state index is 0.000594. The Hall–Kier alpha value is -1.66. The van der Waals surface area contributed by atoms with E-state index < -0.39 is 0 Å². The number of amides is 1. The maximum atomic E-state index is 11.9. The van der Waals surface area contributed by atoms with Crippen molar-refractivity contribution in [3.8, 4) is 0 Å². The molecule has 1 aromatic carbocycles.